The highest BCUT2D eigenvalue weighted by Gasteiger charge is 2.09. The molecule has 21 heavy (non-hydrogen) atoms. The number of hydrogen-bond acceptors (Lipinski definition) is 4. The number of esters is 1. The van der Waals surface area contributed by atoms with E-state index in [-0.39, 0.29) is 23.7 Å². The summed E-state index contributed by atoms with van der Waals surface area (Å²) in [6.45, 7) is 2.41. The van der Waals surface area contributed by atoms with Gasteiger partial charge in [0.2, 0.25) is 0 Å². The van der Waals surface area contributed by atoms with Crippen molar-refractivity contribution in [2.75, 3.05) is 6.61 Å². The number of phenols is 2. The van der Waals surface area contributed by atoms with E-state index in [1.807, 2.05) is 12.2 Å². The van der Waals surface area contributed by atoms with Gasteiger partial charge in [0.1, 0.15) is 6.61 Å². The maximum Gasteiger partial charge on any atom is 0.338 e. The first kappa shape index (κ1) is 17.1. The number of ether oxygens (including phenoxy) is 1. The van der Waals surface area contributed by atoms with Crippen LogP contribution in [0, 0.1) is 0 Å². The maximum atomic E-state index is 11.7. The standard InChI is InChI=1S/C17H24O4/c1-2-3-4-5-6-7-8-9-12-21-17(20)14-10-11-15(18)16(19)13-14/h8-11,13,18-19H,2-7,12H2,1H3/b9-8-. The van der Waals surface area contributed by atoms with Crippen LogP contribution >= 0.6 is 0 Å². The van der Waals surface area contributed by atoms with Crippen molar-refractivity contribution >= 4 is 5.97 Å². The van der Waals surface area contributed by atoms with Crippen LogP contribution in [-0.4, -0.2) is 22.8 Å². The minimum Gasteiger partial charge on any atom is -0.504 e. The summed E-state index contributed by atoms with van der Waals surface area (Å²) >= 11 is 0. The molecule has 4 nitrogen and oxygen atoms in total. The van der Waals surface area contributed by atoms with Gasteiger partial charge in [-0.1, -0.05) is 44.8 Å². The Kier molecular flexibility index (Phi) is 8.02. The molecular formula is C17H24O4. The number of carbonyl (C=O) groups excluding carboxylic acids is 1. The van der Waals surface area contributed by atoms with Crippen LogP contribution in [-0.2, 0) is 4.74 Å². The lowest BCUT2D eigenvalue weighted by molar-refractivity contribution is 0.0549. The Morgan fingerprint density at radius 1 is 1.10 bits per heavy atom. The average Bonchev–Trinajstić information content (AvgIpc) is 2.48. The Morgan fingerprint density at radius 3 is 2.57 bits per heavy atom. The molecule has 1 aromatic rings. The second-order valence-electron chi connectivity index (χ2n) is 4.98. The topological polar surface area (TPSA) is 66.8 Å². The number of phenolic OH excluding ortho intramolecular Hbond substituents is 2. The smallest absolute Gasteiger partial charge is 0.338 e. The highest BCUT2D eigenvalue weighted by atomic mass is 16.5. The predicted octanol–water partition coefficient (Wildman–Crippen LogP) is 4.17. The SMILES string of the molecule is CCCCCCC/C=C\COC(=O)c1ccc(O)c(O)c1. The van der Waals surface area contributed by atoms with E-state index in [1.54, 1.807) is 0 Å². The molecule has 0 saturated heterocycles. The normalized spacial score (nSPS) is 10.9. The molecule has 0 aliphatic carbocycles. The lowest BCUT2D eigenvalue weighted by Crippen LogP contribution is -2.04. The lowest BCUT2D eigenvalue weighted by Gasteiger charge is -2.03. The van der Waals surface area contributed by atoms with Crippen LogP contribution in [0.15, 0.2) is 30.4 Å². The molecule has 0 heterocycles. The Bertz CT molecular complexity index is 466. The highest BCUT2D eigenvalue weighted by molar-refractivity contribution is 5.90. The molecule has 0 radical (unpaired) electrons. The summed E-state index contributed by atoms with van der Waals surface area (Å²) in [4.78, 5) is 11.7. The van der Waals surface area contributed by atoms with Crippen LogP contribution in [0.4, 0.5) is 0 Å². The summed E-state index contributed by atoms with van der Waals surface area (Å²) in [7, 11) is 0. The second-order valence-corrected chi connectivity index (χ2v) is 4.98. The fourth-order valence-electron chi connectivity index (χ4n) is 1.91. The second kappa shape index (κ2) is 9.86. The number of allylic oxidation sites excluding steroid dienone is 1. The molecule has 0 bridgehead atoms. The summed E-state index contributed by atoms with van der Waals surface area (Å²) in [5.74, 6) is -1.10. The van der Waals surface area contributed by atoms with Gasteiger partial charge in [-0.2, -0.15) is 0 Å². The van der Waals surface area contributed by atoms with Gasteiger partial charge in [-0.25, -0.2) is 4.79 Å². The molecule has 0 amide bonds. The third-order valence-corrected chi connectivity index (χ3v) is 3.16. The third-order valence-electron chi connectivity index (χ3n) is 3.16. The van der Waals surface area contributed by atoms with Crippen molar-refractivity contribution in [3.05, 3.63) is 35.9 Å². The maximum absolute atomic E-state index is 11.7. The van der Waals surface area contributed by atoms with Crippen molar-refractivity contribution in [3.8, 4) is 11.5 Å². The number of hydrogen-bond donors (Lipinski definition) is 2. The van der Waals surface area contributed by atoms with Crippen molar-refractivity contribution in [1.82, 2.24) is 0 Å². The van der Waals surface area contributed by atoms with Gasteiger partial charge in [0.05, 0.1) is 5.56 Å². The van der Waals surface area contributed by atoms with E-state index in [4.69, 9.17) is 9.84 Å². The Labute approximate surface area is 126 Å². The number of aromatic hydroxyl groups is 2. The van der Waals surface area contributed by atoms with Crippen molar-refractivity contribution in [1.29, 1.82) is 0 Å². The fraction of sp³-hybridized carbons (Fsp3) is 0.471. The Morgan fingerprint density at radius 2 is 1.86 bits per heavy atom. The molecule has 4 heteroatoms. The summed E-state index contributed by atoms with van der Waals surface area (Å²) in [5, 5.41) is 18.5. The minimum absolute atomic E-state index is 0.218. The van der Waals surface area contributed by atoms with Gasteiger partial charge in [0.25, 0.3) is 0 Å². The van der Waals surface area contributed by atoms with Crippen LogP contribution < -0.4 is 0 Å². The number of rotatable bonds is 9. The molecule has 0 saturated carbocycles. The number of benzene rings is 1. The molecule has 1 rings (SSSR count). The third kappa shape index (κ3) is 6.84. The molecule has 0 spiro atoms. The van der Waals surface area contributed by atoms with E-state index in [9.17, 15) is 9.90 Å². The van der Waals surface area contributed by atoms with Crippen molar-refractivity contribution in [2.45, 2.75) is 45.4 Å². The molecule has 116 valence electrons. The predicted molar refractivity (Wildman–Crippen MR) is 82.6 cm³/mol. The highest BCUT2D eigenvalue weighted by Crippen LogP contribution is 2.25. The van der Waals surface area contributed by atoms with Crippen LogP contribution in [0.3, 0.4) is 0 Å². The van der Waals surface area contributed by atoms with E-state index < -0.39 is 5.97 Å². The first-order valence-electron chi connectivity index (χ1n) is 7.49. The van der Waals surface area contributed by atoms with E-state index in [0.29, 0.717) is 0 Å². The van der Waals surface area contributed by atoms with E-state index in [0.717, 1.165) is 12.8 Å². The Balaban J connectivity index is 2.19. The summed E-state index contributed by atoms with van der Waals surface area (Å²) in [6.07, 6.45) is 11.1. The molecule has 0 aliphatic heterocycles. The molecule has 0 unspecified atom stereocenters. The van der Waals surface area contributed by atoms with Crippen LogP contribution in [0.1, 0.15) is 55.8 Å². The summed E-state index contributed by atoms with van der Waals surface area (Å²) < 4.78 is 5.05. The Hall–Kier alpha value is -1.97. The average molecular weight is 292 g/mol. The van der Waals surface area contributed by atoms with E-state index in [1.165, 1.54) is 43.9 Å². The minimum atomic E-state index is -0.516. The summed E-state index contributed by atoms with van der Waals surface area (Å²) in [6, 6.07) is 3.86. The van der Waals surface area contributed by atoms with Crippen LogP contribution in [0.5, 0.6) is 11.5 Å². The van der Waals surface area contributed by atoms with Gasteiger partial charge in [-0.3, -0.25) is 0 Å². The monoisotopic (exact) mass is 292 g/mol. The molecule has 0 aliphatic rings. The van der Waals surface area contributed by atoms with Crippen LogP contribution in [0.25, 0.3) is 0 Å². The molecule has 0 aromatic heterocycles. The van der Waals surface area contributed by atoms with Gasteiger partial charge in [0, 0.05) is 0 Å². The molecule has 0 atom stereocenters. The zero-order chi connectivity index (χ0) is 15.5. The lowest BCUT2D eigenvalue weighted by atomic mass is 10.1. The fourth-order valence-corrected chi connectivity index (χ4v) is 1.91. The van der Waals surface area contributed by atoms with Gasteiger partial charge in [-0.15, -0.1) is 0 Å². The quantitative estimate of drug-likeness (QED) is 0.310. The van der Waals surface area contributed by atoms with Crippen molar-refractivity contribution in [2.24, 2.45) is 0 Å². The van der Waals surface area contributed by atoms with Crippen LogP contribution in [0.2, 0.25) is 0 Å². The first-order chi connectivity index (χ1) is 10.1. The molecular weight excluding hydrogens is 268 g/mol. The van der Waals surface area contributed by atoms with Gasteiger partial charge < -0.3 is 14.9 Å². The molecule has 2 N–H and O–H groups in total. The number of unbranched alkanes of at least 4 members (excludes halogenated alkanes) is 5. The van der Waals surface area contributed by atoms with Gasteiger partial charge in [-0.05, 0) is 31.0 Å². The zero-order valence-corrected chi connectivity index (χ0v) is 12.5. The molecule has 0 fully saturated rings. The largest absolute Gasteiger partial charge is 0.504 e. The van der Waals surface area contributed by atoms with Crippen molar-refractivity contribution < 1.29 is 19.7 Å². The summed E-state index contributed by atoms with van der Waals surface area (Å²) in [5.41, 5.74) is 0.221. The van der Waals surface area contributed by atoms with E-state index >= 15 is 0 Å². The van der Waals surface area contributed by atoms with Crippen molar-refractivity contribution in [3.63, 3.8) is 0 Å². The van der Waals surface area contributed by atoms with Gasteiger partial charge >= 0.3 is 5.97 Å². The number of carbonyl (C=O) groups is 1. The van der Waals surface area contributed by atoms with E-state index in [2.05, 4.69) is 6.92 Å². The van der Waals surface area contributed by atoms with Gasteiger partial charge in [0.15, 0.2) is 11.5 Å². The first-order valence-corrected chi connectivity index (χ1v) is 7.49. The zero-order valence-electron chi connectivity index (χ0n) is 12.5. The molecule has 1 aromatic carbocycles.